The molecule has 1 rings (SSSR count). The van der Waals surface area contributed by atoms with Gasteiger partial charge in [0, 0.05) is 0 Å². The fourth-order valence-electron chi connectivity index (χ4n) is 1.90. The van der Waals surface area contributed by atoms with Crippen LogP contribution in [0.25, 0.3) is 0 Å². The Kier molecular flexibility index (Phi) is 3.38. The Bertz CT molecular complexity index is 99.4. The molecule has 0 saturated heterocycles. The summed E-state index contributed by atoms with van der Waals surface area (Å²) in [5.74, 6) is 1.22. The molecule has 0 spiro atoms. The third kappa shape index (κ3) is 2.48. The third-order valence-corrected chi connectivity index (χ3v) is 3.16. The maximum Gasteiger partial charge on any atom is 0.0568 e. The van der Waals surface area contributed by atoms with Crippen LogP contribution in [0, 0.1) is 11.8 Å². The van der Waals surface area contributed by atoms with E-state index in [9.17, 15) is 5.11 Å². The smallest absolute Gasteiger partial charge is 0.0568 e. The molecule has 1 aliphatic carbocycles. The lowest BCUT2D eigenvalue weighted by atomic mass is 9.82. The second-order valence-corrected chi connectivity index (χ2v) is 4.04. The van der Waals surface area contributed by atoms with E-state index in [2.05, 4.69) is 13.8 Å². The Morgan fingerprint density at radius 3 is 2.36 bits per heavy atom. The zero-order chi connectivity index (χ0) is 8.27. The average Bonchev–Trinajstić information content (AvgIpc) is 2.00. The summed E-state index contributed by atoms with van der Waals surface area (Å²) in [6.07, 6.45) is 6.18. The summed E-state index contributed by atoms with van der Waals surface area (Å²) in [4.78, 5) is 0. The molecule has 0 heterocycles. The van der Waals surface area contributed by atoms with Crippen LogP contribution in [0.2, 0.25) is 0 Å². The molecule has 1 nitrogen and oxygen atoms in total. The minimum Gasteiger partial charge on any atom is -0.393 e. The van der Waals surface area contributed by atoms with Gasteiger partial charge in [-0.05, 0) is 18.3 Å². The van der Waals surface area contributed by atoms with Crippen molar-refractivity contribution < 1.29 is 5.11 Å². The van der Waals surface area contributed by atoms with Crippen LogP contribution in [-0.4, -0.2) is 11.2 Å². The van der Waals surface area contributed by atoms with E-state index in [1.54, 1.807) is 0 Å². The van der Waals surface area contributed by atoms with E-state index in [0.717, 1.165) is 6.42 Å². The van der Waals surface area contributed by atoms with Gasteiger partial charge in [-0.1, -0.05) is 39.5 Å². The largest absolute Gasteiger partial charge is 0.393 e. The van der Waals surface area contributed by atoms with E-state index in [1.165, 1.54) is 25.7 Å². The lowest BCUT2D eigenvalue weighted by molar-refractivity contribution is 0.0666. The summed E-state index contributed by atoms with van der Waals surface area (Å²) in [7, 11) is 0. The molecule has 1 fully saturated rings. The van der Waals surface area contributed by atoms with E-state index in [0.29, 0.717) is 11.8 Å². The van der Waals surface area contributed by atoms with Gasteiger partial charge in [-0.15, -0.1) is 0 Å². The lowest BCUT2D eigenvalue weighted by Gasteiger charge is -2.27. The van der Waals surface area contributed by atoms with Crippen molar-refractivity contribution in [2.75, 3.05) is 0 Å². The predicted molar refractivity (Wildman–Crippen MR) is 47.4 cm³/mol. The SMILES string of the molecule is CC1CCCCCC(O)C1C. The molecule has 1 saturated carbocycles. The van der Waals surface area contributed by atoms with Gasteiger partial charge in [-0.25, -0.2) is 0 Å². The maximum absolute atomic E-state index is 9.65. The molecule has 0 radical (unpaired) electrons. The van der Waals surface area contributed by atoms with Gasteiger partial charge in [0.2, 0.25) is 0 Å². The first-order valence-corrected chi connectivity index (χ1v) is 4.90. The summed E-state index contributed by atoms with van der Waals surface area (Å²) < 4.78 is 0. The minimum atomic E-state index is -0.0368. The van der Waals surface area contributed by atoms with Crippen molar-refractivity contribution in [3.8, 4) is 0 Å². The van der Waals surface area contributed by atoms with Crippen molar-refractivity contribution >= 4 is 0 Å². The zero-order valence-corrected chi connectivity index (χ0v) is 7.71. The monoisotopic (exact) mass is 156 g/mol. The molecule has 1 aliphatic rings. The van der Waals surface area contributed by atoms with Crippen LogP contribution in [0.4, 0.5) is 0 Å². The topological polar surface area (TPSA) is 20.2 Å². The molecule has 1 heteroatoms. The van der Waals surface area contributed by atoms with Gasteiger partial charge in [-0.2, -0.15) is 0 Å². The summed E-state index contributed by atoms with van der Waals surface area (Å²) in [5, 5.41) is 9.65. The Morgan fingerprint density at radius 2 is 1.64 bits per heavy atom. The van der Waals surface area contributed by atoms with E-state index >= 15 is 0 Å². The summed E-state index contributed by atoms with van der Waals surface area (Å²) in [6.45, 7) is 4.44. The van der Waals surface area contributed by atoms with Crippen molar-refractivity contribution in [2.45, 2.75) is 52.1 Å². The highest BCUT2D eigenvalue weighted by Gasteiger charge is 2.21. The summed E-state index contributed by atoms with van der Waals surface area (Å²) >= 11 is 0. The van der Waals surface area contributed by atoms with Gasteiger partial charge in [0.15, 0.2) is 0 Å². The number of hydrogen-bond donors (Lipinski definition) is 1. The van der Waals surface area contributed by atoms with Gasteiger partial charge in [-0.3, -0.25) is 0 Å². The molecule has 1 N–H and O–H groups in total. The summed E-state index contributed by atoms with van der Waals surface area (Å²) in [5.41, 5.74) is 0. The first-order valence-electron chi connectivity index (χ1n) is 4.90. The number of rotatable bonds is 0. The quantitative estimate of drug-likeness (QED) is 0.571. The van der Waals surface area contributed by atoms with E-state index in [4.69, 9.17) is 0 Å². The lowest BCUT2D eigenvalue weighted by Crippen LogP contribution is -2.25. The predicted octanol–water partition coefficient (Wildman–Crippen LogP) is 2.58. The van der Waals surface area contributed by atoms with E-state index in [1.807, 2.05) is 0 Å². The van der Waals surface area contributed by atoms with Crippen LogP contribution in [0.15, 0.2) is 0 Å². The normalized spacial score (nSPS) is 41.2. The Balaban J connectivity index is 2.42. The van der Waals surface area contributed by atoms with E-state index in [-0.39, 0.29) is 6.10 Å². The van der Waals surface area contributed by atoms with Crippen LogP contribution in [0.3, 0.4) is 0 Å². The standard InChI is InChI=1S/C10H20O/c1-8-6-4-3-5-7-10(11)9(8)2/h8-11H,3-7H2,1-2H3. The summed E-state index contributed by atoms with van der Waals surface area (Å²) in [6, 6.07) is 0. The van der Waals surface area contributed by atoms with Gasteiger partial charge < -0.3 is 5.11 Å². The molecule has 0 bridgehead atoms. The van der Waals surface area contributed by atoms with Gasteiger partial charge in [0.05, 0.1) is 6.10 Å². The van der Waals surface area contributed by atoms with Crippen molar-refractivity contribution in [2.24, 2.45) is 11.8 Å². The van der Waals surface area contributed by atoms with Crippen molar-refractivity contribution in [1.29, 1.82) is 0 Å². The molecular weight excluding hydrogens is 136 g/mol. The van der Waals surface area contributed by atoms with Gasteiger partial charge in [0.25, 0.3) is 0 Å². The maximum atomic E-state index is 9.65. The molecule has 0 aromatic carbocycles. The van der Waals surface area contributed by atoms with Crippen LogP contribution in [0.5, 0.6) is 0 Å². The molecule has 66 valence electrons. The highest BCUT2D eigenvalue weighted by molar-refractivity contribution is 4.72. The fraction of sp³-hybridized carbons (Fsp3) is 1.00. The first kappa shape index (κ1) is 9.05. The number of hydrogen-bond acceptors (Lipinski definition) is 1. The van der Waals surface area contributed by atoms with Crippen LogP contribution < -0.4 is 0 Å². The van der Waals surface area contributed by atoms with Gasteiger partial charge in [0.1, 0.15) is 0 Å². The second-order valence-electron chi connectivity index (χ2n) is 4.04. The molecule has 3 unspecified atom stereocenters. The number of aliphatic hydroxyl groups excluding tert-OH is 1. The molecule has 3 atom stereocenters. The molecule has 0 aromatic heterocycles. The minimum absolute atomic E-state index is 0.0368. The van der Waals surface area contributed by atoms with Gasteiger partial charge >= 0.3 is 0 Å². The average molecular weight is 156 g/mol. The van der Waals surface area contributed by atoms with Crippen LogP contribution in [-0.2, 0) is 0 Å². The third-order valence-electron chi connectivity index (χ3n) is 3.16. The highest BCUT2D eigenvalue weighted by atomic mass is 16.3. The van der Waals surface area contributed by atoms with Crippen molar-refractivity contribution in [3.63, 3.8) is 0 Å². The Labute approximate surface area is 69.8 Å². The van der Waals surface area contributed by atoms with E-state index < -0.39 is 0 Å². The van der Waals surface area contributed by atoms with Crippen molar-refractivity contribution in [3.05, 3.63) is 0 Å². The molecule has 11 heavy (non-hydrogen) atoms. The first-order chi connectivity index (χ1) is 5.22. The fourth-order valence-corrected chi connectivity index (χ4v) is 1.90. The molecular formula is C10H20O. The molecule has 0 aromatic rings. The highest BCUT2D eigenvalue weighted by Crippen LogP contribution is 2.27. The molecule has 0 aliphatic heterocycles. The van der Waals surface area contributed by atoms with Crippen LogP contribution in [0.1, 0.15) is 46.0 Å². The zero-order valence-electron chi connectivity index (χ0n) is 7.71. The Hall–Kier alpha value is -0.0400. The molecule has 0 amide bonds. The second kappa shape index (κ2) is 4.10. The van der Waals surface area contributed by atoms with Crippen molar-refractivity contribution in [1.82, 2.24) is 0 Å². The van der Waals surface area contributed by atoms with Crippen LogP contribution >= 0.6 is 0 Å². The Morgan fingerprint density at radius 1 is 1.00 bits per heavy atom. The number of aliphatic hydroxyl groups is 1.